The van der Waals surface area contributed by atoms with Crippen molar-refractivity contribution in [2.24, 2.45) is 0 Å². The number of hydrogen-bond donors (Lipinski definition) is 1. The molecule has 1 heterocycles. The van der Waals surface area contributed by atoms with Gasteiger partial charge in [-0.25, -0.2) is 4.39 Å². The van der Waals surface area contributed by atoms with Gasteiger partial charge in [-0.05, 0) is 55.5 Å². The highest BCUT2D eigenvalue weighted by Gasteiger charge is 2.28. The van der Waals surface area contributed by atoms with Gasteiger partial charge in [-0.15, -0.1) is 0 Å². The maximum Gasteiger partial charge on any atom is 0.263 e. The van der Waals surface area contributed by atoms with Gasteiger partial charge in [0.05, 0.1) is 0 Å². The molecule has 0 bridgehead atoms. The number of benzene rings is 2. The van der Waals surface area contributed by atoms with Gasteiger partial charge in [-0.1, -0.05) is 0 Å². The van der Waals surface area contributed by atoms with Crippen LogP contribution in [-0.4, -0.2) is 59.0 Å². The first kappa shape index (κ1) is 18.7. The van der Waals surface area contributed by atoms with Crippen LogP contribution in [0.1, 0.15) is 17.3 Å². The number of phenols is 1. The molecular weight excluding hydrogens is 351 g/mol. The molecule has 0 aliphatic carbocycles. The Bertz CT molecular complexity index is 800. The minimum atomic E-state index is -0.672. The normalized spacial score (nSPS) is 15.3. The number of phenolic OH excluding ortho intramolecular Hbond substituents is 1. The average Bonchev–Trinajstić information content (AvgIpc) is 2.69. The zero-order chi connectivity index (χ0) is 19.4. The lowest BCUT2D eigenvalue weighted by molar-refractivity contribution is -0.139. The number of rotatable bonds is 4. The Labute approximate surface area is 156 Å². The summed E-state index contributed by atoms with van der Waals surface area (Å²) in [5, 5.41) is 9.29. The lowest BCUT2D eigenvalue weighted by Crippen LogP contribution is -2.53. The Morgan fingerprint density at radius 3 is 2.11 bits per heavy atom. The summed E-state index contributed by atoms with van der Waals surface area (Å²) in [7, 11) is 0. The molecule has 0 spiro atoms. The van der Waals surface area contributed by atoms with E-state index in [4.69, 9.17) is 4.74 Å². The van der Waals surface area contributed by atoms with Gasteiger partial charge < -0.3 is 19.6 Å². The zero-order valence-electron chi connectivity index (χ0n) is 15.0. The van der Waals surface area contributed by atoms with Gasteiger partial charge >= 0.3 is 0 Å². The fourth-order valence-electron chi connectivity index (χ4n) is 2.94. The number of carbonyl (C=O) groups is 2. The van der Waals surface area contributed by atoms with Crippen LogP contribution in [-0.2, 0) is 4.79 Å². The fourth-order valence-corrected chi connectivity index (χ4v) is 2.94. The lowest BCUT2D eigenvalue weighted by Gasteiger charge is -2.36. The predicted molar refractivity (Wildman–Crippen MR) is 97.1 cm³/mol. The first-order valence-electron chi connectivity index (χ1n) is 8.73. The van der Waals surface area contributed by atoms with Crippen molar-refractivity contribution in [1.29, 1.82) is 0 Å². The third kappa shape index (κ3) is 4.55. The summed E-state index contributed by atoms with van der Waals surface area (Å²) in [4.78, 5) is 28.3. The van der Waals surface area contributed by atoms with Crippen molar-refractivity contribution in [3.8, 4) is 11.5 Å². The van der Waals surface area contributed by atoms with Crippen molar-refractivity contribution >= 4 is 11.8 Å². The van der Waals surface area contributed by atoms with Crippen LogP contribution < -0.4 is 4.74 Å². The van der Waals surface area contributed by atoms with Crippen LogP contribution in [0.2, 0.25) is 0 Å². The number of carbonyl (C=O) groups excluding carboxylic acids is 2. The summed E-state index contributed by atoms with van der Waals surface area (Å²) in [5.41, 5.74) is 0.431. The van der Waals surface area contributed by atoms with Crippen molar-refractivity contribution in [1.82, 2.24) is 9.80 Å². The zero-order valence-corrected chi connectivity index (χ0v) is 15.0. The first-order chi connectivity index (χ1) is 12.9. The Morgan fingerprint density at radius 2 is 1.52 bits per heavy atom. The number of hydrogen-bond acceptors (Lipinski definition) is 4. The molecule has 1 unspecified atom stereocenters. The van der Waals surface area contributed by atoms with E-state index in [1.807, 2.05) is 0 Å². The standard InChI is InChI=1S/C20H21FN2O4/c1-14(27-18-8-6-17(24)7-9-18)19(25)22-10-12-23(13-11-22)20(26)15-2-4-16(21)5-3-15/h2-9,14,24H,10-13H2,1H3. The summed E-state index contributed by atoms with van der Waals surface area (Å²) in [6, 6.07) is 11.6. The number of ether oxygens (including phenoxy) is 1. The molecular formula is C20H21FN2O4. The summed E-state index contributed by atoms with van der Waals surface area (Å²) in [6.07, 6.45) is -0.672. The van der Waals surface area contributed by atoms with Crippen molar-refractivity contribution in [2.75, 3.05) is 26.2 Å². The van der Waals surface area contributed by atoms with Gasteiger partial charge in [0.2, 0.25) is 0 Å². The monoisotopic (exact) mass is 372 g/mol. The van der Waals surface area contributed by atoms with Gasteiger partial charge in [0.25, 0.3) is 11.8 Å². The molecule has 7 heteroatoms. The van der Waals surface area contributed by atoms with E-state index in [1.165, 1.54) is 36.4 Å². The SMILES string of the molecule is CC(Oc1ccc(O)cc1)C(=O)N1CCN(C(=O)c2ccc(F)cc2)CC1. The number of halogens is 1. The maximum atomic E-state index is 13.0. The first-order valence-corrected chi connectivity index (χ1v) is 8.73. The Morgan fingerprint density at radius 1 is 0.963 bits per heavy atom. The summed E-state index contributed by atoms with van der Waals surface area (Å²) in [5.74, 6) is -0.0842. The molecule has 0 radical (unpaired) electrons. The van der Waals surface area contributed by atoms with E-state index in [9.17, 15) is 19.1 Å². The summed E-state index contributed by atoms with van der Waals surface area (Å²) < 4.78 is 18.6. The molecule has 1 aliphatic rings. The molecule has 27 heavy (non-hydrogen) atoms. The van der Waals surface area contributed by atoms with Crippen LogP contribution in [0.15, 0.2) is 48.5 Å². The van der Waals surface area contributed by atoms with E-state index >= 15 is 0 Å². The van der Waals surface area contributed by atoms with Crippen molar-refractivity contribution < 1.29 is 23.8 Å². The largest absolute Gasteiger partial charge is 0.508 e. The molecule has 1 saturated heterocycles. The molecule has 1 atom stereocenters. The molecule has 0 aromatic heterocycles. The van der Waals surface area contributed by atoms with E-state index < -0.39 is 6.10 Å². The molecule has 0 saturated carbocycles. The number of amides is 2. The third-order valence-corrected chi connectivity index (χ3v) is 4.47. The second-order valence-corrected chi connectivity index (χ2v) is 6.38. The molecule has 1 fully saturated rings. The van der Waals surface area contributed by atoms with E-state index in [2.05, 4.69) is 0 Å². The Balaban J connectivity index is 1.53. The molecule has 1 N–H and O–H groups in total. The van der Waals surface area contributed by atoms with Crippen LogP contribution in [0.5, 0.6) is 11.5 Å². The van der Waals surface area contributed by atoms with Gasteiger partial charge in [0, 0.05) is 31.7 Å². The minimum Gasteiger partial charge on any atom is -0.508 e. The molecule has 2 aromatic rings. The second kappa shape index (κ2) is 8.07. The molecule has 142 valence electrons. The number of nitrogens with zero attached hydrogens (tertiary/aromatic N) is 2. The molecule has 6 nitrogen and oxygen atoms in total. The maximum absolute atomic E-state index is 13.0. The van der Waals surface area contributed by atoms with Crippen LogP contribution >= 0.6 is 0 Å². The molecule has 3 rings (SSSR count). The quantitative estimate of drug-likeness (QED) is 0.894. The van der Waals surface area contributed by atoms with Crippen molar-refractivity contribution in [3.63, 3.8) is 0 Å². The smallest absolute Gasteiger partial charge is 0.263 e. The van der Waals surface area contributed by atoms with E-state index in [0.717, 1.165) is 0 Å². The topological polar surface area (TPSA) is 70.1 Å². The molecule has 2 aromatic carbocycles. The molecule has 1 aliphatic heterocycles. The van der Waals surface area contributed by atoms with Gasteiger partial charge in [-0.2, -0.15) is 0 Å². The summed E-state index contributed by atoms with van der Waals surface area (Å²) in [6.45, 7) is 3.32. The highest BCUT2D eigenvalue weighted by atomic mass is 19.1. The van der Waals surface area contributed by atoms with Crippen LogP contribution in [0.3, 0.4) is 0 Å². The second-order valence-electron chi connectivity index (χ2n) is 6.38. The number of piperazine rings is 1. The average molecular weight is 372 g/mol. The molecule has 2 amide bonds. The van der Waals surface area contributed by atoms with Crippen LogP contribution in [0.25, 0.3) is 0 Å². The van der Waals surface area contributed by atoms with E-state index in [1.54, 1.807) is 28.9 Å². The van der Waals surface area contributed by atoms with Gasteiger partial charge in [-0.3, -0.25) is 9.59 Å². The number of aromatic hydroxyl groups is 1. The third-order valence-electron chi connectivity index (χ3n) is 4.47. The Kier molecular flexibility index (Phi) is 5.59. The van der Waals surface area contributed by atoms with E-state index in [0.29, 0.717) is 37.5 Å². The van der Waals surface area contributed by atoms with Crippen LogP contribution in [0, 0.1) is 5.82 Å². The lowest BCUT2D eigenvalue weighted by atomic mass is 10.1. The fraction of sp³-hybridized carbons (Fsp3) is 0.300. The highest BCUT2D eigenvalue weighted by Crippen LogP contribution is 2.18. The Hall–Kier alpha value is -3.09. The summed E-state index contributed by atoms with van der Waals surface area (Å²) >= 11 is 0. The van der Waals surface area contributed by atoms with Gasteiger partial charge in [0.1, 0.15) is 17.3 Å². The van der Waals surface area contributed by atoms with Crippen LogP contribution in [0.4, 0.5) is 4.39 Å². The minimum absolute atomic E-state index is 0.128. The van der Waals surface area contributed by atoms with Gasteiger partial charge in [0.15, 0.2) is 6.10 Å². The predicted octanol–water partition coefficient (Wildman–Crippen LogP) is 2.28. The van der Waals surface area contributed by atoms with E-state index in [-0.39, 0.29) is 23.4 Å². The van der Waals surface area contributed by atoms with Crippen molar-refractivity contribution in [2.45, 2.75) is 13.0 Å². The highest BCUT2D eigenvalue weighted by molar-refractivity contribution is 5.94. The van der Waals surface area contributed by atoms with Crippen molar-refractivity contribution in [3.05, 3.63) is 59.9 Å².